The van der Waals surface area contributed by atoms with Crippen molar-refractivity contribution in [2.45, 2.75) is 112 Å². The van der Waals surface area contributed by atoms with E-state index in [0.29, 0.717) is 23.2 Å². The van der Waals surface area contributed by atoms with Gasteiger partial charge in [-0.25, -0.2) is 0 Å². The molecule has 0 amide bonds. The molecule has 0 spiro atoms. The fourth-order valence-corrected chi connectivity index (χ4v) is 8.67. The van der Waals surface area contributed by atoms with Gasteiger partial charge in [0.05, 0.1) is 12.2 Å². The number of aliphatic hydroxyl groups is 2. The van der Waals surface area contributed by atoms with Crippen LogP contribution in [0.2, 0.25) is 0 Å². The van der Waals surface area contributed by atoms with Gasteiger partial charge in [-0.15, -0.1) is 0 Å². The summed E-state index contributed by atoms with van der Waals surface area (Å²) in [5.41, 5.74) is 1.98. The van der Waals surface area contributed by atoms with Gasteiger partial charge in [0.2, 0.25) is 0 Å². The van der Waals surface area contributed by atoms with E-state index < -0.39 is 0 Å². The quantitative estimate of drug-likeness (QED) is 0.495. The summed E-state index contributed by atoms with van der Waals surface area (Å²) in [6.45, 7) is 14.7. The molecular formula is C28H48O2. The summed E-state index contributed by atoms with van der Waals surface area (Å²) < 4.78 is 0. The van der Waals surface area contributed by atoms with Crippen LogP contribution in [0.1, 0.15) is 99.3 Å². The first-order chi connectivity index (χ1) is 14.1. The number of hydrogen-bond acceptors (Lipinski definition) is 2. The van der Waals surface area contributed by atoms with Crippen molar-refractivity contribution in [1.29, 1.82) is 0 Å². The lowest BCUT2D eigenvalue weighted by molar-refractivity contribution is -0.0971. The van der Waals surface area contributed by atoms with Crippen molar-refractivity contribution in [2.75, 3.05) is 0 Å². The number of fused-ring (bicyclic) bond motifs is 5. The zero-order chi connectivity index (χ0) is 21.8. The molecule has 0 saturated heterocycles. The molecular weight excluding hydrogens is 368 g/mol. The molecule has 30 heavy (non-hydrogen) atoms. The van der Waals surface area contributed by atoms with Crippen molar-refractivity contribution in [1.82, 2.24) is 0 Å². The molecule has 4 unspecified atom stereocenters. The second kappa shape index (κ2) is 8.22. The van der Waals surface area contributed by atoms with Gasteiger partial charge >= 0.3 is 0 Å². The molecule has 0 aromatic rings. The van der Waals surface area contributed by atoms with E-state index in [4.69, 9.17) is 0 Å². The first-order valence-corrected chi connectivity index (χ1v) is 13.1. The Bertz CT molecular complexity index is 653. The van der Waals surface area contributed by atoms with Crippen molar-refractivity contribution in [3.8, 4) is 0 Å². The van der Waals surface area contributed by atoms with Crippen LogP contribution in [0.25, 0.3) is 0 Å². The topological polar surface area (TPSA) is 40.5 Å². The average Bonchev–Trinajstić information content (AvgIpc) is 3.04. The third-order valence-electron chi connectivity index (χ3n) is 11.1. The molecule has 2 nitrogen and oxygen atoms in total. The molecule has 0 aromatic heterocycles. The van der Waals surface area contributed by atoms with Crippen LogP contribution in [0.5, 0.6) is 0 Å². The molecule has 3 saturated carbocycles. The van der Waals surface area contributed by atoms with Crippen LogP contribution in [0, 0.1) is 52.3 Å². The molecule has 0 heterocycles. The van der Waals surface area contributed by atoms with E-state index in [1.807, 2.05) is 0 Å². The second-order valence-corrected chi connectivity index (χ2v) is 12.8. The molecule has 4 aliphatic rings. The highest BCUT2D eigenvalue weighted by Gasteiger charge is 2.61. The standard InChI is InChI=1S/C28H48O2/c1-17(2)18(3)7-8-19(4)22-9-10-23-26-24(12-14-28(22,23)6)27(5)13-11-21(29)15-20(27)16-25(26)30/h16-19,21-26,29-30H,7-15H2,1-6H3/t18-,19+,21-,22?,23?,24?,25+,26?,27-,28+/m0/s1. The Hall–Kier alpha value is -0.340. The van der Waals surface area contributed by atoms with Gasteiger partial charge in [-0.3, -0.25) is 0 Å². The molecule has 2 N–H and O–H groups in total. The maximum absolute atomic E-state index is 11.3. The molecule has 0 bridgehead atoms. The third kappa shape index (κ3) is 3.62. The Morgan fingerprint density at radius 3 is 2.37 bits per heavy atom. The zero-order valence-electron chi connectivity index (χ0n) is 20.5. The van der Waals surface area contributed by atoms with E-state index in [-0.39, 0.29) is 17.6 Å². The van der Waals surface area contributed by atoms with Crippen LogP contribution >= 0.6 is 0 Å². The fourth-order valence-electron chi connectivity index (χ4n) is 8.67. The summed E-state index contributed by atoms with van der Waals surface area (Å²) in [5, 5.41) is 21.5. The fraction of sp³-hybridized carbons (Fsp3) is 0.929. The number of hydrogen-bond donors (Lipinski definition) is 2. The monoisotopic (exact) mass is 416 g/mol. The highest BCUT2D eigenvalue weighted by atomic mass is 16.3. The summed E-state index contributed by atoms with van der Waals surface area (Å²) in [4.78, 5) is 0. The van der Waals surface area contributed by atoms with Crippen molar-refractivity contribution in [2.24, 2.45) is 52.3 Å². The van der Waals surface area contributed by atoms with Crippen molar-refractivity contribution < 1.29 is 10.2 Å². The highest BCUT2D eigenvalue weighted by molar-refractivity contribution is 5.27. The van der Waals surface area contributed by atoms with Crippen LogP contribution in [-0.4, -0.2) is 22.4 Å². The summed E-state index contributed by atoms with van der Waals surface area (Å²) in [5.74, 6) is 4.92. The summed E-state index contributed by atoms with van der Waals surface area (Å²) in [7, 11) is 0. The lowest BCUT2D eigenvalue weighted by atomic mass is 9.46. The van der Waals surface area contributed by atoms with Crippen LogP contribution in [0.15, 0.2) is 11.6 Å². The van der Waals surface area contributed by atoms with E-state index >= 15 is 0 Å². The van der Waals surface area contributed by atoms with Gasteiger partial charge in [0.1, 0.15) is 0 Å². The van der Waals surface area contributed by atoms with Gasteiger partial charge in [-0.05, 0) is 97.2 Å². The molecule has 4 aliphatic carbocycles. The molecule has 0 aliphatic heterocycles. The van der Waals surface area contributed by atoms with Gasteiger partial charge in [0.15, 0.2) is 0 Å². The van der Waals surface area contributed by atoms with Crippen LogP contribution in [-0.2, 0) is 0 Å². The normalized spacial score (nSPS) is 47.8. The summed E-state index contributed by atoms with van der Waals surface area (Å²) >= 11 is 0. The molecule has 4 rings (SSSR count). The lowest BCUT2D eigenvalue weighted by Crippen LogP contribution is -2.54. The minimum atomic E-state index is -0.303. The van der Waals surface area contributed by atoms with E-state index in [1.165, 1.54) is 44.1 Å². The molecule has 0 radical (unpaired) electrons. The Morgan fingerprint density at radius 1 is 0.933 bits per heavy atom. The molecule has 2 heteroatoms. The maximum Gasteiger partial charge on any atom is 0.0757 e. The number of rotatable bonds is 5. The molecule has 172 valence electrons. The van der Waals surface area contributed by atoms with Crippen molar-refractivity contribution in [3.63, 3.8) is 0 Å². The third-order valence-corrected chi connectivity index (χ3v) is 11.1. The first kappa shape index (κ1) is 22.8. The van der Waals surface area contributed by atoms with Crippen molar-refractivity contribution >= 4 is 0 Å². The van der Waals surface area contributed by atoms with Crippen LogP contribution in [0.4, 0.5) is 0 Å². The van der Waals surface area contributed by atoms with Crippen molar-refractivity contribution in [3.05, 3.63) is 11.6 Å². The lowest BCUT2D eigenvalue weighted by Gasteiger charge is -2.59. The predicted octanol–water partition coefficient (Wildman–Crippen LogP) is 6.61. The smallest absolute Gasteiger partial charge is 0.0757 e. The van der Waals surface area contributed by atoms with E-state index in [2.05, 4.69) is 47.6 Å². The molecule has 3 fully saturated rings. The van der Waals surface area contributed by atoms with E-state index in [1.54, 1.807) is 0 Å². The molecule has 0 aromatic carbocycles. The second-order valence-electron chi connectivity index (χ2n) is 12.8. The minimum absolute atomic E-state index is 0.202. The Kier molecular flexibility index (Phi) is 6.26. The predicted molar refractivity (Wildman–Crippen MR) is 125 cm³/mol. The Balaban J connectivity index is 1.53. The Labute approximate surface area is 185 Å². The van der Waals surface area contributed by atoms with E-state index in [9.17, 15) is 10.2 Å². The SMILES string of the molecule is CC(C)[C@@H](C)CC[C@@H](C)C1CCC2C3C(CC[C@@]21C)[C@@]1(C)CC[C@H](O)CC1=C[C@H]3O. The maximum atomic E-state index is 11.3. The zero-order valence-corrected chi connectivity index (χ0v) is 20.5. The first-order valence-electron chi connectivity index (χ1n) is 13.1. The summed E-state index contributed by atoms with van der Waals surface area (Å²) in [6, 6.07) is 0. The van der Waals surface area contributed by atoms with Gasteiger partial charge in [0, 0.05) is 0 Å². The van der Waals surface area contributed by atoms with Gasteiger partial charge in [0.25, 0.3) is 0 Å². The highest BCUT2D eigenvalue weighted by Crippen LogP contribution is 2.67. The van der Waals surface area contributed by atoms with Gasteiger partial charge in [-0.1, -0.05) is 66.0 Å². The summed E-state index contributed by atoms with van der Waals surface area (Å²) in [6.07, 6.45) is 12.5. The number of aliphatic hydroxyl groups excluding tert-OH is 2. The van der Waals surface area contributed by atoms with E-state index in [0.717, 1.165) is 42.9 Å². The van der Waals surface area contributed by atoms with Crippen LogP contribution < -0.4 is 0 Å². The minimum Gasteiger partial charge on any atom is -0.393 e. The Morgan fingerprint density at radius 2 is 1.67 bits per heavy atom. The van der Waals surface area contributed by atoms with Gasteiger partial charge < -0.3 is 10.2 Å². The largest absolute Gasteiger partial charge is 0.393 e. The molecule has 10 atom stereocenters. The van der Waals surface area contributed by atoms with Gasteiger partial charge in [-0.2, -0.15) is 0 Å². The average molecular weight is 417 g/mol. The van der Waals surface area contributed by atoms with Crippen LogP contribution in [0.3, 0.4) is 0 Å².